The van der Waals surface area contributed by atoms with Crippen molar-refractivity contribution in [1.29, 1.82) is 0 Å². The van der Waals surface area contributed by atoms with E-state index in [1.165, 1.54) is 35.6 Å². The molecule has 10 radical (unpaired) electrons. The maximum absolute atomic E-state index is 4.60. The van der Waals surface area contributed by atoms with Crippen LogP contribution < -0.4 is 5.43 Å². The Balaban J connectivity index is 0.000000245. The first kappa shape index (κ1) is 18.0. The Morgan fingerprint density at radius 3 is 2.25 bits per heavy atom. The largest absolute Gasteiger partial charge is 2.00 e. The van der Waals surface area contributed by atoms with E-state index in [2.05, 4.69) is 60.5 Å². The van der Waals surface area contributed by atoms with Gasteiger partial charge in [0.15, 0.2) is 0 Å². The van der Waals surface area contributed by atoms with E-state index in [4.69, 9.17) is 0 Å². The zero-order chi connectivity index (χ0) is 15.5. The molecule has 4 aliphatic rings. The zero-order valence-electron chi connectivity index (χ0n) is 13.4. The van der Waals surface area contributed by atoms with Gasteiger partial charge >= 0.3 is 17.1 Å². The van der Waals surface area contributed by atoms with Gasteiger partial charge in [-0.1, -0.05) is 24.3 Å². The number of benzene rings is 1. The number of hydrazone groups is 1. The standard InChI is InChI=1S/C16H15N2.C5H5.Fe/c1-2-7-12(6-1)15-14-10-9-11-5-3-4-8-13(11)16(14)18-17-15;1-2-4-5-3-1;/h1-8,14-15,17H,9-10H2;1-5H;/q;;+2. The van der Waals surface area contributed by atoms with Crippen LogP contribution in [0.4, 0.5) is 0 Å². The molecule has 1 N–H and O–H groups in total. The molecule has 5 rings (SSSR count). The summed E-state index contributed by atoms with van der Waals surface area (Å²) in [5.74, 6) is 1.89. The quantitative estimate of drug-likeness (QED) is 0.767. The summed E-state index contributed by atoms with van der Waals surface area (Å²) in [4.78, 5) is 0. The maximum atomic E-state index is 4.60. The molecular formula is C21H20FeN2+2. The molecule has 0 amide bonds. The van der Waals surface area contributed by atoms with E-state index in [9.17, 15) is 0 Å². The summed E-state index contributed by atoms with van der Waals surface area (Å²) in [7, 11) is 0. The molecule has 3 aliphatic carbocycles. The van der Waals surface area contributed by atoms with E-state index in [0.717, 1.165) is 0 Å². The van der Waals surface area contributed by atoms with Gasteiger partial charge in [-0.05, 0) is 76.2 Å². The van der Waals surface area contributed by atoms with Gasteiger partial charge in [0.05, 0.1) is 11.8 Å². The fourth-order valence-corrected chi connectivity index (χ4v) is 3.56. The van der Waals surface area contributed by atoms with Crippen LogP contribution in [0.25, 0.3) is 0 Å². The SMILES string of the molecule is [CH]1[CH][CH][CH][CH]1.[CH]1[CH][CH][C](C2NN=C3c4ccccc4CCC32)[CH]1.[Fe+2]. The molecule has 0 bridgehead atoms. The first-order valence-corrected chi connectivity index (χ1v) is 8.23. The van der Waals surface area contributed by atoms with Crippen LogP contribution in [0.3, 0.4) is 0 Å². The van der Waals surface area contributed by atoms with Crippen LogP contribution in [0.15, 0.2) is 29.4 Å². The minimum atomic E-state index is 0. The van der Waals surface area contributed by atoms with Crippen LogP contribution >= 0.6 is 0 Å². The Labute approximate surface area is 157 Å². The fourth-order valence-electron chi connectivity index (χ4n) is 3.56. The van der Waals surface area contributed by atoms with Gasteiger partial charge in [-0.3, -0.25) is 0 Å². The van der Waals surface area contributed by atoms with E-state index in [1.807, 2.05) is 32.1 Å². The van der Waals surface area contributed by atoms with Crippen molar-refractivity contribution in [2.24, 2.45) is 11.0 Å². The van der Waals surface area contributed by atoms with E-state index >= 15 is 0 Å². The van der Waals surface area contributed by atoms with Crippen molar-refractivity contribution in [3.8, 4) is 0 Å². The first-order valence-electron chi connectivity index (χ1n) is 8.23. The molecule has 1 heterocycles. The third kappa shape index (κ3) is 3.73. The average molecular weight is 356 g/mol. The third-order valence-corrected chi connectivity index (χ3v) is 4.70. The normalized spacial score (nSPS) is 27.9. The summed E-state index contributed by atoms with van der Waals surface area (Å²) in [5.41, 5.74) is 7.37. The summed E-state index contributed by atoms with van der Waals surface area (Å²) in [6.45, 7) is 0. The summed E-state index contributed by atoms with van der Waals surface area (Å²) >= 11 is 0. The van der Waals surface area contributed by atoms with E-state index < -0.39 is 0 Å². The summed E-state index contributed by atoms with van der Waals surface area (Å²) in [6.07, 6.45) is 20.9. The molecule has 120 valence electrons. The van der Waals surface area contributed by atoms with Crippen molar-refractivity contribution in [2.45, 2.75) is 18.9 Å². The van der Waals surface area contributed by atoms with Crippen molar-refractivity contribution in [3.05, 3.63) is 99.1 Å². The van der Waals surface area contributed by atoms with Gasteiger partial charge in [0.2, 0.25) is 0 Å². The van der Waals surface area contributed by atoms with E-state index in [-0.39, 0.29) is 17.1 Å². The predicted octanol–water partition coefficient (Wildman–Crippen LogP) is 3.35. The summed E-state index contributed by atoms with van der Waals surface area (Å²) in [6, 6.07) is 9.03. The average Bonchev–Trinajstić information content (AvgIpc) is 3.36. The van der Waals surface area contributed by atoms with Gasteiger partial charge in [-0.15, -0.1) is 0 Å². The number of rotatable bonds is 1. The van der Waals surface area contributed by atoms with Crippen LogP contribution in [0.5, 0.6) is 0 Å². The monoisotopic (exact) mass is 356 g/mol. The van der Waals surface area contributed by atoms with Crippen molar-refractivity contribution < 1.29 is 17.1 Å². The Hall–Kier alpha value is -0.791. The Bertz CT molecular complexity index is 551. The summed E-state index contributed by atoms with van der Waals surface area (Å²) < 4.78 is 0. The van der Waals surface area contributed by atoms with Gasteiger partial charge < -0.3 is 5.43 Å². The Morgan fingerprint density at radius 2 is 1.54 bits per heavy atom. The molecule has 2 unspecified atom stereocenters. The number of aryl methyl sites for hydroxylation is 1. The molecular weight excluding hydrogens is 336 g/mol. The Kier molecular flexibility index (Phi) is 6.41. The third-order valence-electron chi connectivity index (χ3n) is 4.70. The molecule has 24 heavy (non-hydrogen) atoms. The molecule has 2 fully saturated rings. The zero-order valence-corrected chi connectivity index (χ0v) is 14.5. The molecule has 1 aliphatic heterocycles. The van der Waals surface area contributed by atoms with Crippen LogP contribution in [0.2, 0.25) is 0 Å². The van der Waals surface area contributed by atoms with Gasteiger partial charge in [-0.25, -0.2) is 0 Å². The van der Waals surface area contributed by atoms with E-state index in [1.54, 1.807) is 0 Å². The molecule has 2 nitrogen and oxygen atoms in total. The minimum Gasteiger partial charge on any atom is -0.305 e. The second-order valence-electron chi connectivity index (χ2n) is 6.09. The minimum absolute atomic E-state index is 0. The van der Waals surface area contributed by atoms with Crippen LogP contribution in [-0.4, -0.2) is 11.8 Å². The van der Waals surface area contributed by atoms with Gasteiger partial charge in [0.25, 0.3) is 0 Å². The van der Waals surface area contributed by atoms with Gasteiger partial charge in [0, 0.05) is 17.4 Å². The maximum Gasteiger partial charge on any atom is 2.00 e. The number of nitrogens with one attached hydrogen (secondary N) is 1. The van der Waals surface area contributed by atoms with Crippen LogP contribution in [-0.2, 0) is 23.5 Å². The Morgan fingerprint density at radius 1 is 0.875 bits per heavy atom. The molecule has 0 saturated heterocycles. The molecule has 1 aromatic carbocycles. The number of fused-ring (bicyclic) bond motifs is 3. The number of nitrogens with zero attached hydrogens (tertiary/aromatic N) is 1. The topological polar surface area (TPSA) is 24.4 Å². The second-order valence-corrected chi connectivity index (χ2v) is 6.09. The summed E-state index contributed by atoms with van der Waals surface area (Å²) in [5, 5.41) is 4.60. The second kappa shape index (κ2) is 8.54. The predicted molar refractivity (Wildman–Crippen MR) is 93.7 cm³/mol. The number of hydrogen-bond acceptors (Lipinski definition) is 2. The molecule has 2 saturated carbocycles. The van der Waals surface area contributed by atoms with Gasteiger partial charge in [-0.2, -0.15) is 5.10 Å². The molecule has 0 spiro atoms. The van der Waals surface area contributed by atoms with Gasteiger partial charge in [0.1, 0.15) is 0 Å². The molecule has 1 aromatic rings. The van der Waals surface area contributed by atoms with Crippen molar-refractivity contribution >= 4 is 5.71 Å². The smallest absolute Gasteiger partial charge is 0.305 e. The molecule has 0 aromatic heterocycles. The van der Waals surface area contributed by atoms with Crippen molar-refractivity contribution in [1.82, 2.24) is 5.43 Å². The fraction of sp³-hybridized carbons (Fsp3) is 0.190. The molecule has 3 heteroatoms. The van der Waals surface area contributed by atoms with Crippen molar-refractivity contribution in [2.75, 3.05) is 0 Å². The van der Waals surface area contributed by atoms with Crippen LogP contribution in [0.1, 0.15) is 17.5 Å². The molecule has 2 atom stereocenters. The first-order chi connectivity index (χ1) is 11.4. The van der Waals surface area contributed by atoms with E-state index in [0.29, 0.717) is 12.0 Å². The van der Waals surface area contributed by atoms with Crippen LogP contribution in [0, 0.1) is 69.6 Å². The number of hydrogen-bond donors (Lipinski definition) is 1. The van der Waals surface area contributed by atoms with Crippen molar-refractivity contribution in [3.63, 3.8) is 0 Å².